The maximum absolute atomic E-state index is 11.6. The van der Waals surface area contributed by atoms with Crippen molar-refractivity contribution in [1.82, 2.24) is 0 Å². The van der Waals surface area contributed by atoms with Crippen molar-refractivity contribution in [1.29, 1.82) is 0 Å². The van der Waals surface area contributed by atoms with Gasteiger partial charge in [0.2, 0.25) is 0 Å². The van der Waals surface area contributed by atoms with Crippen LogP contribution in [0.4, 0.5) is 13.2 Å². The van der Waals surface area contributed by atoms with E-state index in [1.54, 1.807) is 0 Å². The molecule has 0 N–H and O–H groups in total. The van der Waals surface area contributed by atoms with Gasteiger partial charge in [0.05, 0.1) is 12.9 Å². The fraction of sp³-hybridized carbons (Fsp3) is 0.667. The van der Waals surface area contributed by atoms with Crippen LogP contribution >= 0.6 is 0 Å². The molecule has 0 heterocycles. The predicted octanol–water partition coefficient (Wildman–Crippen LogP) is 2.84. The third kappa shape index (κ3) is 6.51. The molecule has 0 rings (SSSR count). The van der Waals surface area contributed by atoms with Gasteiger partial charge in [0.15, 0.2) is 0 Å². The molecule has 0 bridgehead atoms. The number of carbonyl (C=O) groups is 1. The Balaban J connectivity index is 3.58. The number of hydrogen-bond acceptors (Lipinski definition) is 2. The van der Waals surface area contributed by atoms with Crippen LogP contribution in [0.1, 0.15) is 26.2 Å². The lowest BCUT2D eigenvalue weighted by Crippen LogP contribution is -2.19. The van der Waals surface area contributed by atoms with Crippen molar-refractivity contribution in [2.75, 3.05) is 6.61 Å². The van der Waals surface area contributed by atoms with Crippen molar-refractivity contribution in [3.05, 3.63) is 12.3 Å². The maximum Gasteiger partial charge on any atom is 0.454 e. The predicted molar refractivity (Wildman–Crippen MR) is 45.7 cm³/mol. The van der Waals surface area contributed by atoms with E-state index in [1.165, 1.54) is 0 Å². The van der Waals surface area contributed by atoms with Gasteiger partial charge in [-0.3, -0.25) is 4.79 Å². The van der Waals surface area contributed by atoms with Crippen molar-refractivity contribution < 1.29 is 22.7 Å². The zero-order valence-corrected chi connectivity index (χ0v) is 7.93. The first kappa shape index (κ1) is 13.0. The number of hydrogen-bond donors (Lipinski definition) is 0. The van der Waals surface area contributed by atoms with Gasteiger partial charge in [-0.05, 0) is 6.42 Å². The number of unbranched alkanes of at least 4 members (excludes halogenated alkanes) is 2. The third-order valence-electron chi connectivity index (χ3n) is 1.46. The van der Waals surface area contributed by atoms with Crippen LogP contribution in [-0.4, -0.2) is 18.6 Å². The quantitative estimate of drug-likeness (QED) is 0.383. The smallest absolute Gasteiger partial charge is 0.454 e. The van der Waals surface area contributed by atoms with Gasteiger partial charge in [0, 0.05) is 6.08 Å². The lowest BCUT2D eigenvalue weighted by atomic mass is 10.3. The highest BCUT2D eigenvalue weighted by Crippen LogP contribution is 2.16. The van der Waals surface area contributed by atoms with Gasteiger partial charge in [-0.1, -0.05) is 19.8 Å². The molecule has 0 aromatic carbocycles. The van der Waals surface area contributed by atoms with E-state index >= 15 is 0 Å². The number of carbonyl (C=O) groups excluding carboxylic acids is 1. The summed E-state index contributed by atoms with van der Waals surface area (Å²) >= 11 is 0. The number of allylic oxidation sites excluding steroid dienone is 1. The lowest BCUT2D eigenvalue weighted by Gasteiger charge is -2.00. The van der Waals surface area contributed by atoms with Crippen LogP contribution in [0.25, 0.3) is 0 Å². The molecule has 0 saturated carbocycles. The molecule has 5 heteroatoms. The molecule has 0 radical (unpaired) electrons. The molecule has 0 saturated heterocycles. The number of ketones is 1. The van der Waals surface area contributed by atoms with Gasteiger partial charge in [-0.25, -0.2) is 0 Å². The molecule has 14 heavy (non-hydrogen) atoms. The zero-order valence-electron chi connectivity index (χ0n) is 7.93. The van der Waals surface area contributed by atoms with Crippen molar-refractivity contribution in [2.24, 2.45) is 0 Å². The number of rotatable bonds is 6. The first-order valence-electron chi connectivity index (χ1n) is 4.37. The maximum atomic E-state index is 11.6. The van der Waals surface area contributed by atoms with E-state index in [0.717, 1.165) is 25.5 Å². The Morgan fingerprint density at radius 3 is 2.50 bits per heavy atom. The van der Waals surface area contributed by atoms with E-state index in [9.17, 15) is 18.0 Å². The summed E-state index contributed by atoms with van der Waals surface area (Å²) in [5, 5.41) is 0. The molecule has 0 unspecified atom stereocenters. The summed E-state index contributed by atoms with van der Waals surface area (Å²) in [6, 6.07) is 0. The Morgan fingerprint density at radius 1 is 1.36 bits per heavy atom. The summed E-state index contributed by atoms with van der Waals surface area (Å²) in [5.41, 5.74) is 0. The topological polar surface area (TPSA) is 26.3 Å². The molecule has 0 aliphatic rings. The largest absolute Gasteiger partial charge is 0.501 e. The van der Waals surface area contributed by atoms with Crippen LogP contribution in [0, 0.1) is 0 Å². The molecular formula is C9H13F3O2. The monoisotopic (exact) mass is 210 g/mol. The summed E-state index contributed by atoms with van der Waals surface area (Å²) in [7, 11) is 0. The minimum atomic E-state index is -4.80. The molecule has 0 fully saturated rings. The SMILES string of the molecule is CCCCCOC=CC(=O)C(F)(F)F. The van der Waals surface area contributed by atoms with Crippen LogP contribution in [0.15, 0.2) is 12.3 Å². The van der Waals surface area contributed by atoms with E-state index < -0.39 is 12.0 Å². The van der Waals surface area contributed by atoms with Crippen molar-refractivity contribution in [3.8, 4) is 0 Å². The summed E-state index contributed by atoms with van der Waals surface area (Å²) < 4.78 is 39.6. The second kappa shape index (κ2) is 6.45. The highest BCUT2D eigenvalue weighted by Gasteiger charge is 2.36. The molecule has 2 nitrogen and oxygen atoms in total. The molecule has 0 spiro atoms. The highest BCUT2D eigenvalue weighted by atomic mass is 19.4. The van der Waals surface area contributed by atoms with E-state index in [0.29, 0.717) is 12.7 Å². The number of ether oxygens (including phenoxy) is 1. The minimum Gasteiger partial charge on any atom is -0.501 e. The Kier molecular flexibility index (Phi) is 5.99. The van der Waals surface area contributed by atoms with Gasteiger partial charge < -0.3 is 4.74 Å². The van der Waals surface area contributed by atoms with E-state index in [4.69, 9.17) is 4.74 Å². The molecule has 0 aliphatic heterocycles. The van der Waals surface area contributed by atoms with Crippen LogP contribution < -0.4 is 0 Å². The summed E-state index contributed by atoms with van der Waals surface area (Å²) in [6.45, 7) is 2.35. The third-order valence-corrected chi connectivity index (χ3v) is 1.46. The zero-order chi connectivity index (χ0) is 11.0. The second-order valence-corrected chi connectivity index (χ2v) is 2.74. The Labute approximate surface area is 80.7 Å². The molecule has 82 valence electrons. The summed E-state index contributed by atoms with van der Waals surface area (Å²) in [6.07, 6.45) is -0.864. The second-order valence-electron chi connectivity index (χ2n) is 2.74. The Morgan fingerprint density at radius 2 is 2.00 bits per heavy atom. The fourth-order valence-corrected chi connectivity index (χ4v) is 0.708. The molecule has 0 atom stereocenters. The Hall–Kier alpha value is -1.00. The first-order valence-corrected chi connectivity index (χ1v) is 4.37. The summed E-state index contributed by atoms with van der Waals surface area (Å²) in [5.74, 6) is -1.90. The standard InChI is InChI=1S/C9H13F3O2/c1-2-3-4-6-14-7-5-8(13)9(10,11)12/h5,7H,2-4,6H2,1H3. The molecule has 0 aromatic rings. The van der Waals surface area contributed by atoms with Gasteiger partial charge in [-0.2, -0.15) is 13.2 Å². The van der Waals surface area contributed by atoms with Gasteiger partial charge in [-0.15, -0.1) is 0 Å². The fourth-order valence-electron chi connectivity index (χ4n) is 0.708. The van der Waals surface area contributed by atoms with Crippen molar-refractivity contribution in [3.63, 3.8) is 0 Å². The normalized spacial score (nSPS) is 12.0. The molecule has 0 aromatic heterocycles. The summed E-state index contributed by atoms with van der Waals surface area (Å²) in [4.78, 5) is 10.3. The van der Waals surface area contributed by atoms with E-state index in [-0.39, 0.29) is 0 Å². The van der Waals surface area contributed by atoms with Gasteiger partial charge in [0.25, 0.3) is 5.78 Å². The van der Waals surface area contributed by atoms with E-state index in [1.807, 2.05) is 6.92 Å². The van der Waals surface area contributed by atoms with Crippen molar-refractivity contribution >= 4 is 5.78 Å². The van der Waals surface area contributed by atoms with Crippen LogP contribution in [0.2, 0.25) is 0 Å². The highest BCUT2D eigenvalue weighted by molar-refractivity contribution is 5.94. The Bertz CT molecular complexity index is 197. The first-order chi connectivity index (χ1) is 6.48. The molecule has 0 amide bonds. The van der Waals surface area contributed by atoms with Crippen LogP contribution in [0.3, 0.4) is 0 Å². The van der Waals surface area contributed by atoms with Gasteiger partial charge >= 0.3 is 6.18 Å². The van der Waals surface area contributed by atoms with Crippen LogP contribution in [0.5, 0.6) is 0 Å². The average molecular weight is 210 g/mol. The number of halogens is 3. The lowest BCUT2D eigenvalue weighted by molar-refractivity contribution is -0.165. The van der Waals surface area contributed by atoms with Crippen molar-refractivity contribution in [2.45, 2.75) is 32.4 Å². The van der Waals surface area contributed by atoms with Gasteiger partial charge in [0.1, 0.15) is 0 Å². The molecular weight excluding hydrogens is 197 g/mol. The van der Waals surface area contributed by atoms with Crippen LogP contribution in [-0.2, 0) is 9.53 Å². The molecule has 0 aliphatic carbocycles. The number of alkyl halides is 3. The average Bonchev–Trinajstić information content (AvgIpc) is 2.09. The van der Waals surface area contributed by atoms with E-state index in [2.05, 4.69) is 0 Å². The minimum absolute atomic E-state index is 0.343.